The van der Waals surface area contributed by atoms with Crippen LogP contribution in [0.3, 0.4) is 0 Å². The number of rotatable bonds is 3. The highest BCUT2D eigenvalue weighted by atomic mass is 32.1. The Morgan fingerprint density at radius 2 is 2.44 bits per heavy atom. The van der Waals surface area contributed by atoms with Crippen LogP contribution >= 0.6 is 11.3 Å². The average Bonchev–Trinajstić information content (AvgIpc) is 2.65. The number of ether oxygens (including phenoxy) is 1. The second kappa shape index (κ2) is 4.69. The number of hydrogen-bond donors (Lipinski definition) is 1. The Morgan fingerprint density at radius 1 is 1.62 bits per heavy atom. The van der Waals surface area contributed by atoms with Crippen molar-refractivity contribution in [2.24, 2.45) is 0 Å². The molecule has 4 nitrogen and oxygen atoms in total. The highest BCUT2D eigenvalue weighted by molar-refractivity contribution is 7.15. The Labute approximate surface area is 101 Å². The lowest BCUT2D eigenvalue weighted by molar-refractivity contribution is -0.0277. The van der Waals surface area contributed by atoms with Gasteiger partial charge in [0.05, 0.1) is 12.2 Å². The van der Waals surface area contributed by atoms with Crippen molar-refractivity contribution in [3.05, 3.63) is 11.1 Å². The summed E-state index contributed by atoms with van der Waals surface area (Å²) in [5.41, 5.74) is -0.0624. The summed E-state index contributed by atoms with van der Waals surface area (Å²) in [5, 5.41) is 4.26. The molecular weight excluding hydrogens is 222 g/mol. The van der Waals surface area contributed by atoms with E-state index >= 15 is 0 Å². The number of nitrogens with one attached hydrogen (secondary N) is 1. The lowest BCUT2D eigenvalue weighted by Crippen LogP contribution is -2.48. The summed E-state index contributed by atoms with van der Waals surface area (Å²) >= 11 is 1.76. The lowest BCUT2D eigenvalue weighted by Gasteiger charge is -2.37. The molecule has 0 unspecified atom stereocenters. The van der Waals surface area contributed by atoms with E-state index in [1.165, 1.54) is 4.88 Å². The molecule has 16 heavy (non-hydrogen) atoms. The Hall–Kier alpha value is -0.650. The maximum Gasteiger partial charge on any atom is 0.185 e. The SMILES string of the molecule is CNCc1cnc(N2CCOC(C)(C)C2)s1. The van der Waals surface area contributed by atoms with Crippen LogP contribution in [0.2, 0.25) is 0 Å². The van der Waals surface area contributed by atoms with Crippen LogP contribution in [0, 0.1) is 0 Å². The molecule has 0 aromatic carbocycles. The van der Waals surface area contributed by atoms with Crippen LogP contribution in [0.4, 0.5) is 5.13 Å². The Morgan fingerprint density at radius 3 is 3.12 bits per heavy atom. The predicted octanol–water partition coefficient (Wildman–Crippen LogP) is 1.48. The van der Waals surface area contributed by atoms with Crippen molar-refractivity contribution in [1.82, 2.24) is 10.3 Å². The molecule has 0 amide bonds. The molecule has 0 atom stereocenters. The zero-order chi connectivity index (χ0) is 11.6. The lowest BCUT2D eigenvalue weighted by atomic mass is 10.1. The predicted molar refractivity (Wildman–Crippen MR) is 67.1 cm³/mol. The summed E-state index contributed by atoms with van der Waals surface area (Å²) in [6, 6.07) is 0. The fourth-order valence-corrected chi connectivity index (χ4v) is 2.83. The van der Waals surface area contributed by atoms with Crippen molar-refractivity contribution in [3.8, 4) is 0 Å². The van der Waals surface area contributed by atoms with Crippen molar-refractivity contribution in [2.75, 3.05) is 31.6 Å². The molecular formula is C11H19N3OS. The van der Waals surface area contributed by atoms with Crippen LogP contribution in [0.5, 0.6) is 0 Å². The Balaban J connectivity index is 2.05. The van der Waals surface area contributed by atoms with Gasteiger partial charge in [0.2, 0.25) is 0 Å². The molecule has 0 saturated carbocycles. The van der Waals surface area contributed by atoms with Gasteiger partial charge in [0.15, 0.2) is 5.13 Å². The van der Waals surface area contributed by atoms with Gasteiger partial charge in [-0.25, -0.2) is 4.98 Å². The van der Waals surface area contributed by atoms with E-state index in [2.05, 4.69) is 29.0 Å². The molecule has 2 heterocycles. The second-order valence-electron chi connectivity index (χ2n) is 4.67. The largest absolute Gasteiger partial charge is 0.372 e. The summed E-state index contributed by atoms with van der Waals surface area (Å²) in [5.74, 6) is 0. The fraction of sp³-hybridized carbons (Fsp3) is 0.727. The molecule has 0 bridgehead atoms. The third-order valence-electron chi connectivity index (χ3n) is 2.59. The summed E-state index contributed by atoms with van der Waals surface area (Å²) in [6.45, 7) is 7.79. The van der Waals surface area contributed by atoms with Crippen molar-refractivity contribution in [1.29, 1.82) is 0 Å². The molecule has 1 N–H and O–H groups in total. The monoisotopic (exact) mass is 241 g/mol. The molecule has 1 aromatic rings. The first-order valence-corrected chi connectivity index (χ1v) is 6.40. The van der Waals surface area contributed by atoms with Crippen LogP contribution in [-0.2, 0) is 11.3 Å². The molecule has 5 heteroatoms. The van der Waals surface area contributed by atoms with Crippen molar-refractivity contribution in [3.63, 3.8) is 0 Å². The maximum absolute atomic E-state index is 5.69. The Kier molecular flexibility index (Phi) is 3.47. The third-order valence-corrected chi connectivity index (χ3v) is 3.65. The summed E-state index contributed by atoms with van der Waals surface area (Å²) in [6.07, 6.45) is 1.96. The van der Waals surface area contributed by atoms with Crippen molar-refractivity contribution < 1.29 is 4.74 Å². The van der Waals surface area contributed by atoms with Crippen molar-refractivity contribution in [2.45, 2.75) is 26.0 Å². The fourth-order valence-electron chi connectivity index (χ4n) is 1.88. The molecule has 1 aliphatic heterocycles. The van der Waals surface area contributed by atoms with E-state index in [0.717, 1.165) is 31.4 Å². The minimum atomic E-state index is -0.0624. The average molecular weight is 241 g/mol. The van der Waals surface area contributed by atoms with Crippen LogP contribution in [-0.4, -0.2) is 37.3 Å². The zero-order valence-electron chi connectivity index (χ0n) is 10.1. The molecule has 0 spiro atoms. The molecule has 90 valence electrons. The van der Waals surface area contributed by atoms with Gasteiger partial charge in [-0.15, -0.1) is 11.3 Å². The zero-order valence-corrected chi connectivity index (χ0v) is 10.9. The van der Waals surface area contributed by atoms with Gasteiger partial charge in [0, 0.05) is 30.7 Å². The first-order chi connectivity index (χ1) is 7.61. The molecule has 1 fully saturated rings. The van der Waals surface area contributed by atoms with Crippen LogP contribution in [0.15, 0.2) is 6.20 Å². The quantitative estimate of drug-likeness (QED) is 0.870. The van der Waals surface area contributed by atoms with Gasteiger partial charge in [-0.05, 0) is 20.9 Å². The van der Waals surface area contributed by atoms with Crippen LogP contribution in [0.25, 0.3) is 0 Å². The molecule has 1 aromatic heterocycles. The van der Waals surface area contributed by atoms with Crippen molar-refractivity contribution >= 4 is 16.5 Å². The van der Waals surface area contributed by atoms with Crippen LogP contribution < -0.4 is 10.2 Å². The number of nitrogens with zero attached hydrogens (tertiary/aromatic N) is 2. The van der Waals surface area contributed by atoms with Gasteiger partial charge in [-0.1, -0.05) is 0 Å². The highest BCUT2D eigenvalue weighted by Crippen LogP contribution is 2.27. The van der Waals surface area contributed by atoms with Gasteiger partial charge < -0.3 is 15.0 Å². The second-order valence-corrected chi connectivity index (χ2v) is 5.76. The maximum atomic E-state index is 5.69. The minimum absolute atomic E-state index is 0.0624. The first-order valence-electron chi connectivity index (χ1n) is 5.59. The van der Waals surface area contributed by atoms with Gasteiger partial charge in [0.1, 0.15) is 0 Å². The number of hydrogen-bond acceptors (Lipinski definition) is 5. The molecule has 1 saturated heterocycles. The Bertz CT molecular complexity index is 351. The normalized spacial score (nSPS) is 20.1. The van der Waals surface area contributed by atoms with E-state index in [-0.39, 0.29) is 5.60 Å². The topological polar surface area (TPSA) is 37.4 Å². The van der Waals surface area contributed by atoms with Gasteiger partial charge >= 0.3 is 0 Å². The summed E-state index contributed by atoms with van der Waals surface area (Å²) < 4.78 is 5.69. The smallest absolute Gasteiger partial charge is 0.185 e. The minimum Gasteiger partial charge on any atom is -0.372 e. The number of anilines is 1. The number of thiazole rings is 1. The van der Waals surface area contributed by atoms with Crippen LogP contribution in [0.1, 0.15) is 18.7 Å². The third kappa shape index (κ3) is 2.72. The van der Waals surface area contributed by atoms with E-state index in [1.54, 1.807) is 11.3 Å². The van der Waals surface area contributed by atoms with Gasteiger partial charge in [-0.3, -0.25) is 0 Å². The van der Waals surface area contributed by atoms with E-state index in [0.29, 0.717) is 0 Å². The number of morpholine rings is 1. The van der Waals surface area contributed by atoms with Gasteiger partial charge in [0.25, 0.3) is 0 Å². The summed E-state index contributed by atoms with van der Waals surface area (Å²) in [7, 11) is 1.96. The number of aromatic nitrogens is 1. The summed E-state index contributed by atoms with van der Waals surface area (Å²) in [4.78, 5) is 8.07. The molecule has 2 rings (SSSR count). The van der Waals surface area contributed by atoms with E-state index < -0.39 is 0 Å². The highest BCUT2D eigenvalue weighted by Gasteiger charge is 2.28. The standard InChI is InChI=1S/C11H19N3OS/c1-11(2)8-14(4-5-15-11)10-13-7-9(16-10)6-12-3/h7,12H,4-6,8H2,1-3H3. The van der Waals surface area contributed by atoms with E-state index in [1.807, 2.05) is 13.2 Å². The van der Waals surface area contributed by atoms with E-state index in [9.17, 15) is 0 Å². The molecule has 0 aliphatic carbocycles. The van der Waals surface area contributed by atoms with Gasteiger partial charge in [-0.2, -0.15) is 0 Å². The molecule has 1 aliphatic rings. The molecule has 0 radical (unpaired) electrons. The first kappa shape index (κ1) is 11.8. The van der Waals surface area contributed by atoms with E-state index in [4.69, 9.17) is 4.74 Å².